The van der Waals surface area contributed by atoms with Crippen LogP contribution in [0.2, 0.25) is 0 Å². The fourth-order valence-electron chi connectivity index (χ4n) is 0.915. The van der Waals surface area contributed by atoms with E-state index in [0.29, 0.717) is 5.90 Å². The predicted molar refractivity (Wildman–Crippen MR) is 59.9 cm³/mol. The van der Waals surface area contributed by atoms with Crippen LogP contribution in [-0.2, 0) is 4.74 Å². The lowest BCUT2D eigenvalue weighted by Crippen LogP contribution is -2.26. The number of methoxy groups -OCH3 is 1. The summed E-state index contributed by atoms with van der Waals surface area (Å²) < 4.78 is 5.06. The number of benzene rings is 1. The summed E-state index contributed by atoms with van der Waals surface area (Å²) in [6.07, 6.45) is 0. The summed E-state index contributed by atoms with van der Waals surface area (Å²) in [5, 5.41) is 4.00. The van der Waals surface area contributed by atoms with Crippen molar-refractivity contribution in [2.45, 2.75) is 0 Å². The lowest BCUT2D eigenvalue weighted by molar-refractivity contribution is 0.401. The van der Waals surface area contributed by atoms with E-state index >= 15 is 0 Å². The van der Waals surface area contributed by atoms with E-state index in [4.69, 9.17) is 10.5 Å². The van der Waals surface area contributed by atoms with Crippen LogP contribution in [0.25, 0.3) is 0 Å². The first-order valence-corrected chi connectivity index (χ1v) is 4.37. The van der Waals surface area contributed by atoms with E-state index in [1.807, 2.05) is 30.3 Å². The van der Waals surface area contributed by atoms with Gasteiger partial charge in [-0.15, -0.1) is 5.10 Å². The average molecular weight is 209 g/mol. The molecule has 0 saturated carbocycles. The molecule has 1 rings (SSSR count). The largest absolute Gasteiger partial charge is 0.480 e. The Balaban J connectivity index is 2.82. The van der Waals surface area contributed by atoms with Crippen molar-refractivity contribution in [3.8, 4) is 0 Å². The van der Waals surface area contributed by atoms with Crippen molar-refractivity contribution in [1.82, 2.24) is 5.43 Å². The number of nitrogens with two attached hydrogens (primary N) is 1. The maximum Gasteiger partial charge on any atom is 0.238 e. The SMILES string of the molecule is COC(=NNC(N)=S)c1ccccc1. The highest BCUT2D eigenvalue weighted by molar-refractivity contribution is 7.80. The molecule has 5 heteroatoms. The molecule has 0 aliphatic rings. The number of hydrogen-bond donors (Lipinski definition) is 2. The lowest BCUT2D eigenvalue weighted by atomic mass is 10.2. The highest BCUT2D eigenvalue weighted by Gasteiger charge is 2.01. The summed E-state index contributed by atoms with van der Waals surface area (Å²) in [5.41, 5.74) is 8.56. The molecule has 0 aromatic heterocycles. The molecule has 0 atom stereocenters. The van der Waals surface area contributed by atoms with Crippen LogP contribution in [-0.4, -0.2) is 18.1 Å². The summed E-state index contributed by atoms with van der Waals surface area (Å²) in [7, 11) is 1.53. The second-order valence-electron chi connectivity index (χ2n) is 2.46. The molecule has 74 valence electrons. The molecule has 0 fully saturated rings. The van der Waals surface area contributed by atoms with Crippen LogP contribution in [0.4, 0.5) is 0 Å². The molecular formula is C9H11N3OS. The zero-order valence-electron chi connectivity index (χ0n) is 7.73. The molecule has 0 unspecified atom stereocenters. The van der Waals surface area contributed by atoms with Gasteiger partial charge < -0.3 is 10.5 Å². The minimum atomic E-state index is 0.107. The minimum absolute atomic E-state index is 0.107. The number of ether oxygens (including phenoxy) is 1. The standard InChI is InChI=1S/C9H11N3OS/c1-13-8(11-12-9(10)14)7-5-3-2-4-6-7/h2-6H,1H3,(H3,10,12,14). The van der Waals surface area contributed by atoms with Crippen molar-refractivity contribution in [2.75, 3.05) is 7.11 Å². The van der Waals surface area contributed by atoms with Crippen LogP contribution in [0.3, 0.4) is 0 Å². The third-order valence-electron chi connectivity index (χ3n) is 1.48. The van der Waals surface area contributed by atoms with Gasteiger partial charge in [-0.2, -0.15) is 0 Å². The highest BCUT2D eigenvalue weighted by Crippen LogP contribution is 2.00. The van der Waals surface area contributed by atoms with E-state index in [-0.39, 0.29) is 5.11 Å². The van der Waals surface area contributed by atoms with Gasteiger partial charge in [0.05, 0.1) is 7.11 Å². The van der Waals surface area contributed by atoms with Crippen LogP contribution in [0.5, 0.6) is 0 Å². The number of nitrogens with one attached hydrogen (secondary N) is 1. The van der Waals surface area contributed by atoms with E-state index in [9.17, 15) is 0 Å². The molecule has 1 aromatic rings. The van der Waals surface area contributed by atoms with Crippen molar-refractivity contribution >= 4 is 23.2 Å². The van der Waals surface area contributed by atoms with Crippen molar-refractivity contribution < 1.29 is 4.74 Å². The summed E-state index contributed by atoms with van der Waals surface area (Å²) in [6.45, 7) is 0. The third kappa shape index (κ3) is 3.02. The summed E-state index contributed by atoms with van der Waals surface area (Å²) in [5.74, 6) is 0.443. The Morgan fingerprint density at radius 1 is 1.43 bits per heavy atom. The Bertz CT molecular complexity index is 337. The molecule has 14 heavy (non-hydrogen) atoms. The zero-order valence-corrected chi connectivity index (χ0v) is 8.54. The van der Waals surface area contributed by atoms with Crippen molar-refractivity contribution in [1.29, 1.82) is 0 Å². The monoisotopic (exact) mass is 209 g/mol. The Morgan fingerprint density at radius 3 is 2.57 bits per heavy atom. The summed E-state index contributed by atoms with van der Waals surface area (Å²) >= 11 is 4.62. The Labute approximate surface area is 87.8 Å². The highest BCUT2D eigenvalue weighted by atomic mass is 32.1. The molecule has 0 saturated heterocycles. The average Bonchev–Trinajstić information content (AvgIpc) is 2.20. The van der Waals surface area contributed by atoms with Gasteiger partial charge in [0.25, 0.3) is 0 Å². The maximum absolute atomic E-state index is 5.23. The van der Waals surface area contributed by atoms with Gasteiger partial charge in [-0.25, -0.2) is 0 Å². The molecule has 3 N–H and O–H groups in total. The van der Waals surface area contributed by atoms with E-state index < -0.39 is 0 Å². The van der Waals surface area contributed by atoms with Crippen LogP contribution < -0.4 is 11.2 Å². The fourth-order valence-corrected chi connectivity index (χ4v) is 0.960. The number of thiocarbonyl (C=S) groups is 1. The molecule has 0 aliphatic carbocycles. The normalized spacial score (nSPS) is 10.8. The quantitative estimate of drug-likeness (QED) is 0.328. The van der Waals surface area contributed by atoms with Crippen LogP contribution in [0, 0.1) is 0 Å². The van der Waals surface area contributed by atoms with Crippen molar-refractivity contribution in [3.05, 3.63) is 35.9 Å². The van der Waals surface area contributed by atoms with Crippen molar-refractivity contribution in [2.24, 2.45) is 10.8 Å². The molecule has 0 spiro atoms. The van der Waals surface area contributed by atoms with Gasteiger partial charge in [-0.1, -0.05) is 18.2 Å². The van der Waals surface area contributed by atoms with Gasteiger partial charge in [-0.05, 0) is 24.4 Å². The van der Waals surface area contributed by atoms with Gasteiger partial charge in [-0.3, -0.25) is 5.43 Å². The second kappa shape index (κ2) is 5.18. The van der Waals surface area contributed by atoms with Crippen molar-refractivity contribution in [3.63, 3.8) is 0 Å². The topological polar surface area (TPSA) is 59.6 Å². The third-order valence-corrected chi connectivity index (χ3v) is 1.57. The summed E-state index contributed by atoms with van der Waals surface area (Å²) in [4.78, 5) is 0. The molecular weight excluding hydrogens is 198 g/mol. The van der Waals surface area contributed by atoms with Gasteiger partial charge in [0.2, 0.25) is 5.90 Å². The zero-order chi connectivity index (χ0) is 10.4. The van der Waals surface area contributed by atoms with Crippen LogP contribution in [0.1, 0.15) is 5.56 Å². The second-order valence-corrected chi connectivity index (χ2v) is 2.90. The summed E-state index contributed by atoms with van der Waals surface area (Å²) in [6, 6.07) is 9.46. The van der Waals surface area contributed by atoms with Gasteiger partial charge in [0.1, 0.15) is 0 Å². The molecule has 0 aliphatic heterocycles. The van der Waals surface area contributed by atoms with E-state index in [0.717, 1.165) is 5.56 Å². The first-order chi connectivity index (χ1) is 6.74. The molecule has 0 amide bonds. The van der Waals surface area contributed by atoms with Gasteiger partial charge in [0, 0.05) is 5.56 Å². The Morgan fingerprint density at radius 2 is 2.07 bits per heavy atom. The fraction of sp³-hybridized carbons (Fsp3) is 0.111. The van der Waals surface area contributed by atoms with Gasteiger partial charge in [0.15, 0.2) is 5.11 Å². The van der Waals surface area contributed by atoms with E-state index in [1.165, 1.54) is 7.11 Å². The van der Waals surface area contributed by atoms with E-state index in [2.05, 4.69) is 22.7 Å². The first kappa shape index (κ1) is 10.5. The maximum atomic E-state index is 5.23. The number of hydrazone groups is 1. The molecule has 0 bridgehead atoms. The number of hydrogen-bond acceptors (Lipinski definition) is 3. The number of nitrogens with zero attached hydrogens (tertiary/aromatic N) is 1. The predicted octanol–water partition coefficient (Wildman–Crippen LogP) is 0.828. The lowest BCUT2D eigenvalue weighted by Gasteiger charge is -2.04. The minimum Gasteiger partial charge on any atom is -0.480 e. The molecule has 1 aromatic carbocycles. The van der Waals surface area contributed by atoms with Crippen LogP contribution >= 0.6 is 12.2 Å². The molecule has 0 radical (unpaired) electrons. The Kier molecular flexibility index (Phi) is 3.87. The molecule has 4 nitrogen and oxygen atoms in total. The van der Waals surface area contributed by atoms with E-state index in [1.54, 1.807) is 0 Å². The smallest absolute Gasteiger partial charge is 0.238 e. The Hall–Kier alpha value is -1.62. The molecule has 0 heterocycles. The number of rotatable bonds is 2. The van der Waals surface area contributed by atoms with Gasteiger partial charge >= 0.3 is 0 Å². The first-order valence-electron chi connectivity index (χ1n) is 3.96. The van der Waals surface area contributed by atoms with Crippen LogP contribution in [0.15, 0.2) is 35.4 Å².